The quantitative estimate of drug-likeness (QED) is 0.781. The summed E-state index contributed by atoms with van der Waals surface area (Å²) >= 11 is 0. The molecule has 2 fully saturated rings. The second-order valence-electron chi connectivity index (χ2n) is 6.28. The fourth-order valence-electron chi connectivity index (χ4n) is 4.09. The molecule has 2 bridgehead atoms. The van der Waals surface area contributed by atoms with E-state index in [-0.39, 0.29) is 12.1 Å². The van der Waals surface area contributed by atoms with Crippen LogP contribution >= 0.6 is 0 Å². The number of nitrogens with two attached hydrogens (primary N) is 1. The van der Waals surface area contributed by atoms with Gasteiger partial charge in [0.1, 0.15) is 0 Å². The van der Waals surface area contributed by atoms with Crippen LogP contribution in [-0.2, 0) is 4.74 Å². The van der Waals surface area contributed by atoms with Crippen molar-refractivity contribution < 1.29 is 4.74 Å². The zero-order valence-electron chi connectivity index (χ0n) is 11.0. The highest BCUT2D eigenvalue weighted by Gasteiger charge is 2.40. The van der Waals surface area contributed by atoms with Gasteiger partial charge in [-0.2, -0.15) is 0 Å². The highest BCUT2D eigenvalue weighted by atomic mass is 16.5. The van der Waals surface area contributed by atoms with Gasteiger partial charge in [-0.1, -0.05) is 20.3 Å². The van der Waals surface area contributed by atoms with Crippen molar-refractivity contribution in [2.45, 2.75) is 58.1 Å². The maximum absolute atomic E-state index is 6.32. The van der Waals surface area contributed by atoms with Crippen LogP contribution in [0.3, 0.4) is 0 Å². The lowest BCUT2D eigenvalue weighted by Crippen LogP contribution is -2.41. The van der Waals surface area contributed by atoms with Crippen molar-refractivity contribution >= 4 is 0 Å². The molecule has 0 spiro atoms. The highest BCUT2D eigenvalue weighted by Crippen LogP contribution is 2.50. The molecular weight excluding hydrogens is 198 g/mol. The number of fused-ring (bicyclic) bond motifs is 2. The summed E-state index contributed by atoms with van der Waals surface area (Å²) in [5.41, 5.74) is 6.32. The van der Waals surface area contributed by atoms with Gasteiger partial charge in [0.2, 0.25) is 0 Å². The Labute approximate surface area is 99.9 Å². The largest absolute Gasteiger partial charge is 0.380 e. The lowest BCUT2D eigenvalue weighted by molar-refractivity contribution is 0.0346. The molecule has 0 amide bonds. The summed E-state index contributed by atoms with van der Waals surface area (Å²) in [4.78, 5) is 0. The minimum Gasteiger partial charge on any atom is -0.380 e. The Kier molecular flexibility index (Phi) is 3.91. The van der Waals surface area contributed by atoms with Crippen molar-refractivity contribution in [2.75, 3.05) is 7.11 Å². The van der Waals surface area contributed by atoms with Gasteiger partial charge in [0.25, 0.3) is 0 Å². The van der Waals surface area contributed by atoms with Crippen molar-refractivity contribution in [1.82, 2.24) is 0 Å². The molecule has 2 saturated carbocycles. The lowest BCUT2D eigenvalue weighted by Gasteiger charge is -2.30. The van der Waals surface area contributed by atoms with E-state index in [2.05, 4.69) is 13.8 Å². The molecule has 0 aromatic heterocycles. The molecule has 0 radical (unpaired) electrons. The van der Waals surface area contributed by atoms with E-state index in [1.165, 1.54) is 32.1 Å². The summed E-state index contributed by atoms with van der Waals surface area (Å²) < 4.78 is 5.54. The summed E-state index contributed by atoms with van der Waals surface area (Å²) in [6.45, 7) is 4.41. The van der Waals surface area contributed by atoms with Gasteiger partial charge >= 0.3 is 0 Å². The standard InChI is InChI=1S/C14H27NO/c1-9(2)14(16-3)13(15)8-12-7-10-4-5-11(12)6-10/h9-14H,4-8,15H2,1-3H3. The Morgan fingerprint density at radius 1 is 1.25 bits per heavy atom. The summed E-state index contributed by atoms with van der Waals surface area (Å²) in [5, 5.41) is 0. The third-order valence-electron chi connectivity index (χ3n) is 4.81. The summed E-state index contributed by atoms with van der Waals surface area (Å²) in [6.07, 6.45) is 7.27. The number of hydrogen-bond acceptors (Lipinski definition) is 2. The van der Waals surface area contributed by atoms with Gasteiger partial charge in [-0.25, -0.2) is 0 Å². The molecule has 0 aromatic rings. The molecule has 2 heteroatoms. The smallest absolute Gasteiger partial charge is 0.0745 e. The van der Waals surface area contributed by atoms with Gasteiger partial charge < -0.3 is 10.5 Å². The van der Waals surface area contributed by atoms with Gasteiger partial charge in [-0.15, -0.1) is 0 Å². The van der Waals surface area contributed by atoms with Crippen LogP contribution in [0.25, 0.3) is 0 Å². The first-order valence-corrected chi connectivity index (χ1v) is 6.90. The van der Waals surface area contributed by atoms with Crippen molar-refractivity contribution in [3.63, 3.8) is 0 Å². The molecule has 2 nitrogen and oxygen atoms in total. The van der Waals surface area contributed by atoms with Gasteiger partial charge in [0.15, 0.2) is 0 Å². The van der Waals surface area contributed by atoms with Crippen molar-refractivity contribution in [3.05, 3.63) is 0 Å². The zero-order chi connectivity index (χ0) is 11.7. The van der Waals surface area contributed by atoms with Crippen molar-refractivity contribution in [2.24, 2.45) is 29.4 Å². The Morgan fingerprint density at radius 3 is 2.44 bits per heavy atom. The van der Waals surface area contributed by atoms with E-state index < -0.39 is 0 Å². The summed E-state index contributed by atoms with van der Waals surface area (Å²) in [5.74, 6) is 3.44. The monoisotopic (exact) mass is 225 g/mol. The maximum Gasteiger partial charge on any atom is 0.0745 e. The van der Waals surface area contributed by atoms with Gasteiger partial charge in [-0.05, 0) is 49.4 Å². The predicted octanol–water partition coefficient (Wildman–Crippen LogP) is 2.81. The number of hydrogen-bond donors (Lipinski definition) is 1. The molecule has 94 valence electrons. The molecule has 5 atom stereocenters. The molecule has 0 aromatic carbocycles. The first-order valence-electron chi connectivity index (χ1n) is 6.90. The second-order valence-corrected chi connectivity index (χ2v) is 6.28. The van der Waals surface area contributed by atoms with Crippen molar-refractivity contribution in [3.8, 4) is 0 Å². The van der Waals surface area contributed by atoms with Gasteiger partial charge in [-0.3, -0.25) is 0 Å². The normalized spacial score (nSPS) is 36.9. The molecular formula is C14H27NO. The summed E-state index contributed by atoms with van der Waals surface area (Å²) in [7, 11) is 1.80. The molecule has 5 unspecified atom stereocenters. The minimum atomic E-state index is 0.231. The molecule has 2 aliphatic carbocycles. The third-order valence-corrected chi connectivity index (χ3v) is 4.81. The van der Waals surface area contributed by atoms with Gasteiger partial charge in [0, 0.05) is 13.2 Å². The van der Waals surface area contributed by atoms with Crippen LogP contribution in [0.2, 0.25) is 0 Å². The van der Waals surface area contributed by atoms with Crippen molar-refractivity contribution in [1.29, 1.82) is 0 Å². The predicted molar refractivity (Wildman–Crippen MR) is 67.2 cm³/mol. The first kappa shape index (κ1) is 12.4. The SMILES string of the molecule is COC(C(C)C)C(N)CC1CC2CCC1C2. The van der Waals surface area contributed by atoms with Gasteiger partial charge in [0.05, 0.1) is 6.10 Å². The molecule has 0 saturated heterocycles. The Morgan fingerprint density at radius 2 is 2.00 bits per heavy atom. The van der Waals surface area contributed by atoms with E-state index >= 15 is 0 Å². The number of rotatable bonds is 5. The van der Waals surface area contributed by atoms with E-state index in [9.17, 15) is 0 Å². The van der Waals surface area contributed by atoms with Crippen LogP contribution in [0.4, 0.5) is 0 Å². The molecule has 0 heterocycles. The topological polar surface area (TPSA) is 35.2 Å². The van der Waals surface area contributed by atoms with Crippen LogP contribution < -0.4 is 5.73 Å². The number of ether oxygens (including phenoxy) is 1. The van der Waals surface area contributed by atoms with Crippen LogP contribution in [0.5, 0.6) is 0 Å². The van der Waals surface area contributed by atoms with E-state index in [0.29, 0.717) is 5.92 Å². The average Bonchev–Trinajstić information content (AvgIpc) is 2.79. The molecule has 2 N–H and O–H groups in total. The molecule has 16 heavy (non-hydrogen) atoms. The minimum absolute atomic E-state index is 0.231. The van der Waals surface area contributed by atoms with Crippen LogP contribution in [0.1, 0.15) is 46.0 Å². The fraction of sp³-hybridized carbons (Fsp3) is 1.00. The average molecular weight is 225 g/mol. The van der Waals surface area contributed by atoms with Crippen LogP contribution in [0, 0.1) is 23.7 Å². The van der Waals surface area contributed by atoms with E-state index in [4.69, 9.17) is 10.5 Å². The fourth-order valence-corrected chi connectivity index (χ4v) is 4.09. The number of methoxy groups -OCH3 is 1. The first-order chi connectivity index (χ1) is 7.61. The Hall–Kier alpha value is -0.0800. The Bertz CT molecular complexity index is 229. The lowest BCUT2D eigenvalue weighted by atomic mass is 9.82. The summed E-state index contributed by atoms with van der Waals surface area (Å²) in [6, 6.07) is 0.231. The van der Waals surface area contributed by atoms with E-state index in [0.717, 1.165) is 17.8 Å². The molecule has 0 aliphatic heterocycles. The second kappa shape index (κ2) is 5.05. The van der Waals surface area contributed by atoms with Crippen LogP contribution in [0.15, 0.2) is 0 Å². The van der Waals surface area contributed by atoms with E-state index in [1.54, 1.807) is 7.11 Å². The molecule has 2 rings (SSSR count). The highest BCUT2D eigenvalue weighted by molar-refractivity contribution is 4.92. The van der Waals surface area contributed by atoms with E-state index in [1.807, 2.05) is 0 Å². The zero-order valence-corrected chi connectivity index (χ0v) is 11.0. The molecule has 2 aliphatic rings. The third kappa shape index (κ3) is 2.43. The maximum atomic E-state index is 6.32. The Balaban J connectivity index is 1.84. The van der Waals surface area contributed by atoms with Crippen LogP contribution in [-0.4, -0.2) is 19.3 Å².